The molecule has 1 aliphatic heterocycles. The van der Waals surface area contributed by atoms with Crippen molar-refractivity contribution in [2.75, 3.05) is 5.32 Å². The summed E-state index contributed by atoms with van der Waals surface area (Å²) in [5, 5.41) is 2.98. The Morgan fingerprint density at radius 3 is 2.62 bits per heavy atom. The van der Waals surface area contributed by atoms with Gasteiger partial charge in [0, 0.05) is 5.69 Å². The molecule has 1 amide bonds. The van der Waals surface area contributed by atoms with Gasteiger partial charge in [0.1, 0.15) is 0 Å². The summed E-state index contributed by atoms with van der Waals surface area (Å²) < 4.78 is 0. The summed E-state index contributed by atoms with van der Waals surface area (Å²) in [6.45, 7) is 6.40. The maximum Gasteiger partial charge on any atom is 0.232 e. The summed E-state index contributed by atoms with van der Waals surface area (Å²) in [7, 11) is 0. The molecule has 86 valence electrons. The van der Waals surface area contributed by atoms with E-state index in [4.69, 9.17) is 0 Å². The summed E-state index contributed by atoms with van der Waals surface area (Å²) in [4.78, 5) is 12.0. The first-order chi connectivity index (χ1) is 7.67. The zero-order valence-corrected chi connectivity index (χ0v) is 10.2. The van der Waals surface area contributed by atoms with Crippen molar-refractivity contribution in [3.63, 3.8) is 0 Å². The molecule has 2 heteroatoms. The highest BCUT2D eigenvalue weighted by Crippen LogP contribution is 2.40. The molecule has 0 spiro atoms. The third kappa shape index (κ3) is 1.73. The highest BCUT2D eigenvalue weighted by atomic mass is 16.2. The number of anilines is 1. The van der Waals surface area contributed by atoms with E-state index in [1.807, 2.05) is 12.1 Å². The van der Waals surface area contributed by atoms with Crippen LogP contribution in [-0.2, 0) is 4.79 Å². The fourth-order valence-electron chi connectivity index (χ4n) is 2.63. The summed E-state index contributed by atoms with van der Waals surface area (Å²) in [6.07, 6.45) is 2.12. The molecular formula is C14H19NO. The Hall–Kier alpha value is -1.31. The first-order valence-electron chi connectivity index (χ1n) is 6.08. The number of carbonyl (C=O) groups excluding carboxylic acids is 1. The predicted molar refractivity (Wildman–Crippen MR) is 66.6 cm³/mol. The number of carbonyl (C=O) groups is 1. The highest BCUT2D eigenvalue weighted by Gasteiger charge is 2.34. The number of rotatable bonds is 3. The number of benzene rings is 1. The Balaban J connectivity index is 2.41. The Morgan fingerprint density at radius 1 is 1.31 bits per heavy atom. The van der Waals surface area contributed by atoms with Gasteiger partial charge in [-0.25, -0.2) is 0 Å². The fraction of sp³-hybridized carbons (Fsp3) is 0.500. The molecule has 1 aromatic rings. The monoisotopic (exact) mass is 217 g/mol. The van der Waals surface area contributed by atoms with Crippen LogP contribution in [0.3, 0.4) is 0 Å². The van der Waals surface area contributed by atoms with Gasteiger partial charge in [-0.15, -0.1) is 0 Å². The summed E-state index contributed by atoms with van der Waals surface area (Å²) in [5.74, 6) is 0.697. The van der Waals surface area contributed by atoms with Gasteiger partial charge in [0.15, 0.2) is 0 Å². The SMILES string of the molecule is CCC(CC)C1C(=O)Nc2ccc(C)cc21. The Bertz CT molecular complexity index is 407. The average Bonchev–Trinajstić information content (AvgIpc) is 2.58. The molecule has 1 heterocycles. The van der Waals surface area contributed by atoms with Crippen molar-refractivity contribution in [2.45, 2.75) is 39.5 Å². The zero-order chi connectivity index (χ0) is 11.7. The van der Waals surface area contributed by atoms with Gasteiger partial charge >= 0.3 is 0 Å². The van der Waals surface area contributed by atoms with Crippen LogP contribution in [0.15, 0.2) is 18.2 Å². The lowest BCUT2D eigenvalue weighted by Gasteiger charge is -2.19. The number of hydrogen-bond donors (Lipinski definition) is 1. The molecule has 0 saturated heterocycles. The van der Waals surface area contributed by atoms with E-state index in [9.17, 15) is 4.79 Å². The van der Waals surface area contributed by atoms with Gasteiger partial charge in [-0.2, -0.15) is 0 Å². The van der Waals surface area contributed by atoms with Crippen LogP contribution in [0.25, 0.3) is 0 Å². The second-order valence-electron chi connectivity index (χ2n) is 4.63. The maximum atomic E-state index is 12.0. The van der Waals surface area contributed by atoms with E-state index in [-0.39, 0.29) is 11.8 Å². The zero-order valence-electron chi connectivity index (χ0n) is 10.2. The van der Waals surface area contributed by atoms with Gasteiger partial charge in [0.2, 0.25) is 5.91 Å². The van der Waals surface area contributed by atoms with Gasteiger partial charge in [0.25, 0.3) is 0 Å². The van der Waals surface area contributed by atoms with Crippen molar-refractivity contribution in [1.82, 2.24) is 0 Å². The molecular weight excluding hydrogens is 198 g/mol. The van der Waals surface area contributed by atoms with Crippen LogP contribution < -0.4 is 5.32 Å². The predicted octanol–water partition coefficient (Wildman–Crippen LogP) is 3.47. The standard InChI is InChI=1S/C14H19NO/c1-4-10(5-2)13-11-8-9(3)6-7-12(11)15-14(13)16/h6-8,10,13H,4-5H2,1-3H3,(H,15,16). The van der Waals surface area contributed by atoms with Crippen LogP contribution in [0.1, 0.15) is 43.7 Å². The minimum absolute atomic E-state index is 0.0601. The Kier molecular flexibility index (Phi) is 2.99. The quantitative estimate of drug-likeness (QED) is 0.825. The van der Waals surface area contributed by atoms with Gasteiger partial charge < -0.3 is 5.32 Å². The fourth-order valence-corrected chi connectivity index (χ4v) is 2.63. The van der Waals surface area contributed by atoms with Crippen molar-refractivity contribution in [3.05, 3.63) is 29.3 Å². The van der Waals surface area contributed by atoms with Crippen molar-refractivity contribution >= 4 is 11.6 Å². The molecule has 1 aliphatic rings. The smallest absolute Gasteiger partial charge is 0.232 e. The Morgan fingerprint density at radius 2 is 2.00 bits per heavy atom. The molecule has 1 atom stereocenters. The maximum absolute atomic E-state index is 12.0. The van der Waals surface area contributed by atoms with E-state index in [2.05, 4.69) is 32.2 Å². The molecule has 2 nitrogen and oxygen atoms in total. The number of amides is 1. The van der Waals surface area contributed by atoms with Crippen LogP contribution in [0.5, 0.6) is 0 Å². The molecule has 1 aromatic carbocycles. The van der Waals surface area contributed by atoms with E-state index in [1.165, 1.54) is 11.1 Å². The number of fused-ring (bicyclic) bond motifs is 1. The van der Waals surface area contributed by atoms with Crippen LogP contribution >= 0.6 is 0 Å². The molecule has 0 fully saturated rings. The molecule has 0 aliphatic carbocycles. The van der Waals surface area contributed by atoms with Crippen molar-refractivity contribution in [3.8, 4) is 0 Å². The lowest BCUT2D eigenvalue weighted by Crippen LogP contribution is -2.20. The largest absolute Gasteiger partial charge is 0.325 e. The van der Waals surface area contributed by atoms with Gasteiger partial charge in [-0.3, -0.25) is 4.79 Å². The van der Waals surface area contributed by atoms with Gasteiger partial charge in [-0.1, -0.05) is 44.4 Å². The molecule has 1 unspecified atom stereocenters. The van der Waals surface area contributed by atoms with Crippen LogP contribution in [0.4, 0.5) is 5.69 Å². The molecule has 16 heavy (non-hydrogen) atoms. The first kappa shape index (κ1) is 11.2. The van der Waals surface area contributed by atoms with Crippen LogP contribution in [0, 0.1) is 12.8 Å². The van der Waals surface area contributed by atoms with Crippen molar-refractivity contribution in [2.24, 2.45) is 5.92 Å². The second-order valence-corrected chi connectivity index (χ2v) is 4.63. The molecule has 0 saturated carbocycles. The number of nitrogens with one attached hydrogen (secondary N) is 1. The van der Waals surface area contributed by atoms with Gasteiger partial charge in [0.05, 0.1) is 5.92 Å². The summed E-state index contributed by atoms with van der Waals surface area (Å²) in [6, 6.07) is 6.22. The molecule has 1 N–H and O–H groups in total. The van der Waals surface area contributed by atoms with Crippen LogP contribution in [0.2, 0.25) is 0 Å². The van der Waals surface area contributed by atoms with Crippen LogP contribution in [-0.4, -0.2) is 5.91 Å². The molecule has 0 aromatic heterocycles. The lowest BCUT2D eigenvalue weighted by atomic mass is 9.83. The van der Waals surface area contributed by atoms with E-state index in [1.54, 1.807) is 0 Å². The number of aryl methyl sites for hydroxylation is 1. The van der Waals surface area contributed by atoms with Crippen molar-refractivity contribution < 1.29 is 4.79 Å². The first-order valence-corrected chi connectivity index (χ1v) is 6.08. The Labute approximate surface area is 97.1 Å². The molecule has 2 rings (SSSR count). The summed E-state index contributed by atoms with van der Waals surface area (Å²) in [5.41, 5.74) is 3.43. The lowest BCUT2D eigenvalue weighted by molar-refractivity contribution is -0.118. The number of hydrogen-bond acceptors (Lipinski definition) is 1. The molecule has 0 bridgehead atoms. The van der Waals surface area contributed by atoms with E-state index in [0.717, 1.165) is 18.5 Å². The average molecular weight is 217 g/mol. The van der Waals surface area contributed by atoms with Crippen molar-refractivity contribution in [1.29, 1.82) is 0 Å². The normalized spacial score (nSPS) is 18.8. The third-order valence-electron chi connectivity index (χ3n) is 3.60. The summed E-state index contributed by atoms with van der Waals surface area (Å²) >= 11 is 0. The van der Waals surface area contributed by atoms with E-state index >= 15 is 0 Å². The minimum atomic E-state index is 0.0601. The van der Waals surface area contributed by atoms with E-state index in [0.29, 0.717) is 5.92 Å². The minimum Gasteiger partial charge on any atom is -0.325 e. The van der Waals surface area contributed by atoms with E-state index < -0.39 is 0 Å². The third-order valence-corrected chi connectivity index (χ3v) is 3.60. The topological polar surface area (TPSA) is 29.1 Å². The second kappa shape index (κ2) is 4.28. The van der Waals surface area contributed by atoms with Gasteiger partial charge in [-0.05, 0) is 24.5 Å². The highest BCUT2D eigenvalue weighted by molar-refractivity contribution is 6.03. The molecule has 0 radical (unpaired) electrons.